The van der Waals surface area contributed by atoms with E-state index < -0.39 is 0 Å². The molecule has 0 aliphatic carbocycles. The first-order valence-corrected chi connectivity index (χ1v) is 6.64. The van der Waals surface area contributed by atoms with Crippen LogP contribution < -0.4 is 5.73 Å². The average molecular weight is 236 g/mol. The van der Waals surface area contributed by atoms with E-state index in [9.17, 15) is 4.79 Å². The summed E-state index contributed by atoms with van der Waals surface area (Å²) in [6.07, 6.45) is 2.04. The summed E-state index contributed by atoms with van der Waals surface area (Å²) in [4.78, 5) is 14.0. The van der Waals surface area contributed by atoms with Gasteiger partial charge < -0.3 is 10.6 Å². The van der Waals surface area contributed by atoms with Crippen LogP contribution in [0.2, 0.25) is 0 Å². The van der Waals surface area contributed by atoms with Crippen LogP contribution in [0, 0.1) is 0 Å². The number of carbonyl (C=O) groups is 1. The van der Waals surface area contributed by atoms with Gasteiger partial charge in [0.1, 0.15) is 0 Å². The lowest BCUT2D eigenvalue weighted by Gasteiger charge is -2.15. The lowest BCUT2D eigenvalue weighted by Crippen LogP contribution is -2.32. The van der Waals surface area contributed by atoms with Crippen molar-refractivity contribution >= 4 is 17.7 Å². The zero-order chi connectivity index (χ0) is 11.5. The highest BCUT2D eigenvalue weighted by Gasteiger charge is 2.32. The molecular formula is C12H16N2OS. The number of amides is 1. The van der Waals surface area contributed by atoms with Crippen molar-refractivity contribution in [3.8, 4) is 0 Å². The number of rotatable bonds is 2. The van der Waals surface area contributed by atoms with Gasteiger partial charge in [0.25, 0.3) is 5.91 Å². The Morgan fingerprint density at radius 3 is 2.62 bits per heavy atom. The Hall–Kier alpha value is -1.00. The second-order valence-corrected chi connectivity index (χ2v) is 5.09. The summed E-state index contributed by atoms with van der Waals surface area (Å²) >= 11 is 1.74. The molecular weight excluding hydrogens is 220 g/mol. The molecule has 0 aromatic heterocycles. The Kier molecular flexibility index (Phi) is 3.51. The summed E-state index contributed by atoms with van der Waals surface area (Å²) in [5, 5.41) is 0.368. The SMILES string of the molecule is CSC1CN(C(=O)c2ccccc2)CC1N. The topological polar surface area (TPSA) is 46.3 Å². The molecule has 2 rings (SSSR count). The first-order valence-electron chi connectivity index (χ1n) is 5.35. The number of hydrogen-bond donors (Lipinski definition) is 1. The van der Waals surface area contributed by atoms with Crippen molar-refractivity contribution in [1.29, 1.82) is 0 Å². The smallest absolute Gasteiger partial charge is 0.253 e. The van der Waals surface area contributed by atoms with E-state index in [-0.39, 0.29) is 11.9 Å². The molecule has 1 saturated heterocycles. The number of nitrogens with zero attached hydrogens (tertiary/aromatic N) is 1. The molecule has 2 unspecified atom stereocenters. The molecule has 86 valence electrons. The van der Waals surface area contributed by atoms with Crippen LogP contribution in [-0.4, -0.2) is 41.4 Å². The van der Waals surface area contributed by atoms with Gasteiger partial charge in [0.05, 0.1) is 0 Å². The van der Waals surface area contributed by atoms with Gasteiger partial charge in [-0.1, -0.05) is 18.2 Å². The van der Waals surface area contributed by atoms with Gasteiger partial charge in [-0.15, -0.1) is 0 Å². The Bertz CT molecular complexity index is 369. The lowest BCUT2D eigenvalue weighted by atomic mass is 10.2. The van der Waals surface area contributed by atoms with Crippen LogP contribution in [0.25, 0.3) is 0 Å². The van der Waals surface area contributed by atoms with Crippen molar-refractivity contribution in [2.45, 2.75) is 11.3 Å². The zero-order valence-electron chi connectivity index (χ0n) is 9.30. The van der Waals surface area contributed by atoms with Gasteiger partial charge in [-0.2, -0.15) is 11.8 Å². The molecule has 1 aromatic carbocycles. The number of likely N-dealkylation sites (tertiary alicyclic amines) is 1. The third-order valence-electron chi connectivity index (χ3n) is 2.92. The van der Waals surface area contributed by atoms with Crippen LogP contribution in [0.15, 0.2) is 30.3 Å². The van der Waals surface area contributed by atoms with Gasteiger partial charge in [-0.3, -0.25) is 4.79 Å². The molecule has 1 fully saturated rings. The Labute approximate surface area is 100.0 Å². The van der Waals surface area contributed by atoms with E-state index in [0.717, 1.165) is 12.1 Å². The number of thioether (sulfide) groups is 1. The number of benzene rings is 1. The molecule has 16 heavy (non-hydrogen) atoms. The molecule has 0 bridgehead atoms. The Morgan fingerprint density at radius 1 is 1.38 bits per heavy atom. The maximum Gasteiger partial charge on any atom is 0.253 e. The third-order valence-corrected chi connectivity index (χ3v) is 4.02. The molecule has 1 aliphatic rings. The van der Waals surface area contributed by atoms with Gasteiger partial charge in [0, 0.05) is 29.9 Å². The monoisotopic (exact) mass is 236 g/mol. The predicted octanol–water partition coefficient (Wildman–Crippen LogP) is 1.20. The number of nitrogens with two attached hydrogens (primary N) is 1. The molecule has 1 amide bonds. The van der Waals surface area contributed by atoms with Crippen LogP contribution in [0.4, 0.5) is 0 Å². The second-order valence-electron chi connectivity index (χ2n) is 4.01. The molecule has 2 atom stereocenters. The first kappa shape index (κ1) is 11.5. The normalized spacial score (nSPS) is 24.8. The van der Waals surface area contributed by atoms with Crippen molar-refractivity contribution in [3.63, 3.8) is 0 Å². The maximum atomic E-state index is 12.1. The molecule has 1 aromatic rings. The van der Waals surface area contributed by atoms with Gasteiger partial charge >= 0.3 is 0 Å². The van der Waals surface area contributed by atoms with Gasteiger partial charge in [0.15, 0.2) is 0 Å². The van der Waals surface area contributed by atoms with Crippen molar-refractivity contribution in [2.75, 3.05) is 19.3 Å². The van der Waals surface area contributed by atoms with E-state index in [1.54, 1.807) is 11.8 Å². The van der Waals surface area contributed by atoms with Crippen molar-refractivity contribution in [3.05, 3.63) is 35.9 Å². The molecule has 0 radical (unpaired) electrons. The van der Waals surface area contributed by atoms with Crippen LogP contribution in [0.1, 0.15) is 10.4 Å². The van der Waals surface area contributed by atoms with Crippen molar-refractivity contribution in [2.24, 2.45) is 5.73 Å². The minimum atomic E-state index is 0.0904. The van der Waals surface area contributed by atoms with Crippen LogP contribution >= 0.6 is 11.8 Å². The molecule has 3 nitrogen and oxygen atoms in total. The minimum absolute atomic E-state index is 0.0904. The highest BCUT2D eigenvalue weighted by Crippen LogP contribution is 2.21. The van der Waals surface area contributed by atoms with E-state index in [1.165, 1.54) is 0 Å². The van der Waals surface area contributed by atoms with Gasteiger partial charge in [-0.05, 0) is 18.4 Å². The summed E-state index contributed by atoms with van der Waals surface area (Å²) in [5.41, 5.74) is 6.73. The summed E-state index contributed by atoms with van der Waals surface area (Å²) in [7, 11) is 0. The van der Waals surface area contributed by atoms with Crippen LogP contribution in [0.5, 0.6) is 0 Å². The van der Waals surface area contributed by atoms with Gasteiger partial charge in [-0.25, -0.2) is 0 Å². The predicted molar refractivity (Wildman–Crippen MR) is 67.6 cm³/mol. The highest BCUT2D eigenvalue weighted by atomic mass is 32.2. The van der Waals surface area contributed by atoms with E-state index in [2.05, 4.69) is 0 Å². The zero-order valence-corrected chi connectivity index (χ0v) is 10.1. The molecule has 4 heteroatoms. The van der Waals surface area contributed by atoms with E-state index >= 15 is 0 Å². The maximum absolute atomic E-state index is 12.1. The summed E-state index contributed by atoms with van der Waals surface area (Å²) in [6.45, 7) is 1.43. The van der Waals surface area contributed by atoms with Gasteiger partial charge in [0.2, 0.25) is 0 Å². The lowest BCUT2D eigenvalue weighted by molar-refractivity contribution is 0.0791. The molecule has 2 N–H and O–H groups in total. The number of hydrogen-bond acceptors (Lipinski definition) is 3. The number of carbonyl (C=O) groups excluding carboxylic acids is 1. The Morgan fingerprint density at radius 2 is 2.06 bits per heavy atom. The van der Waals surface area contributed by atoms with E-state index in [4.69, 9.17) is 5.73 Å². The fraction of sp³-hybridized carbons (Fsp3) is 0.417. The summed E-state index contributed by atoms with van der Waals surface area (Å²) < 4.78 is 0. The second kappa shape index (κ2) is 4.89. The standard InChI is InChI=1S/C12H16N2OS/c1-16-11-8-14(7-10(11)13)12(15)9-5-3-2-4-6-9/h2-6,10-11H,7-8,13H2,1H3. The van der Waals surface area contributed by atoms with E-state index in [1.807, 2.05) is 41.5 Å². The third kappa shape index (κ3) is 2.23. The largest absolute Gasteiger partial charge is 0.336 e. The fourth-order valence-electron chi connectivity index (χ4n) is 1.98. The van der Waals surface area contributed by atoms with Crippen molar-refractivity contribution < 1.29 is 4.79 Å². The van der Waals surface area contributed by atoms with E-state index in [0.29, 0.717) is 11.8 Å². The quantitative estimate of drug-likeness (QED) is 0.839. The van der Waals surface area contributed by atoms with Crippen LogP contribution in [0.3, 0.4) is 0 Å². The first-order chi connectivity index (χ1) is 7.72. The molecule has 1 heterocycles. The van der Waals surface area contributed by atoms with Crippen molar-refractivity contribution in [1.82, 2.24) is 4.90 Å². The molecule has 1 aliphatic heterocycles. The molecule has 0 spiro atoms. The molecule has 0 saturated carbocycles. The fourth-order valence-corrected chi connectivity index (χ4v) is 2.74. The summed E-state index contributed by atoms with van der Waals surface area (Å²) in [5.74, 6) is 0.0904. The van der Waals surface area contributed by atoms with Crippen LogP contribution in [-0.2, 0) is 0 Å². The average Bonchev–Trinajstić information content (AvgIpc) is 2.71. The summed E-state index contributed by atoms with van der Waals surface area (Å²) in [6, 6.07) is 9.48. The highest BCUT2D eigenvalue weighted by molar-refractivity contribution is 7.99. The Balaban J connectivity index is 2.08. The minimum Gasteiger partial charge on any atom is -0.336 e.